The van der Waals surface area contributed by atoms with E-state index in [0.717, 1.165) is 50.0 Å². The van der Waals surface area contributed by atoms with Crippen molar-refractivity contribution >= 4 is 24.2 Å². The number of nitrogens with zero attached hydrogens (tertiary/aromatic N) is 2. The lowest BCUT2D eigenvalue weighted by Gasteiger charge is -2.23. The first-order valence-electron chi connectivity index (χ1n) is 13.0. The van der Waals surface area contributed by atoms with Crippen LogP contribution in [0.15, 0.2) is 66.7 Å². The molecular weight excluding hydrogens is 450 g/mol. The van der Waals surface area contributed by atoms with Crippen LogP contribution in [0.4, 0.5) is 0 Å². The van der Waals surface area contributed by atoms with E-state index in [1.54, 1.807) is 6.08 Å². The Morgan fingerprint density at radius 3 is 2.25 bits per heavy atom. The molecule has 7 nitrogen and oxygen atoms in total. The van der Waals surface area contributed by atoms with Crippen molar-refractivity contribution in [3.63, 3.8) is 0 Å². The molecule has 3 rings (SSSR count). The summed E-state index contributed by atoms with van der Waals surface area (Å²) in [6.45, 7) is 4.14. The predicted molar refractivity (Wildman–Crippen MR) is 146 cm³/mol. The third-order valence-electron chi connectivity index (χ3n) is 6.37. The maximum Gasteiger partial charge on any atom is 0.246 e. The highest BCUT2D eigenvalue weighted by Crippen LogP contribution is 2.16. The summed E-state index contributed by atoms with van der Waals surface area (Å²) in [5.74, 6) is -0.0102. The van der Waals surface area contributed by atoms with Gasteiger partial charge in [-0.2, -0.15) is 0 Å². The van der Waals surface area contributed by atoms with E-state index in [0.29, 0.717) is 32.5 Å². The predicted octanol–water partition coefficient (Wildman–Crippen LogP) is 3.85. The van der Waals surface area contributed by atoms with Crippen LogP contribution in [-0.4, -0.2) is 67.2 Å². The number of amides is 2. The molecule has 1 heterocycles. The Bertz CT molecular complexity index is 964. The van der Waals surface area contributed by atoms with Gasteiger partial charge in [-0.05, 0) is 49.4 Å². The Morgan fingerprint density at radius 2 is 1.50 bits per heavy atom. The number of carbonyl (C=O) groups is 2. The van der Waals surface area contributed by atoms with Crippen LogP contribution < -0.4 is 10.6 Å². The Balaban J connectivity index is 1.63. The second kappa shape index (κ2) is 15.5. The van der Waals surface area contributed by atoms with Crippen molar-refractivity contribution in [1.29, 1.82) is 5.41 Å². The van der Waals surface area contributed by atoms with Crippen LogP contribution >= 0.6 is 0 Å². The minimum Gasteiger partial charge on any atom is -0.363 e. The molecule has 36 heavy (non-hydrogen) atoms. The van der Waals surface area contributed by atoms with Crippen LogP contribution in [-0.2, 0) is 9.59 Å². The normalized spacial score (nSPS) is 19.4. The van der Waals surface area contributed by atoms with Crippen LogP contribution in [0, 0.1) is 5.41 Å². The van der Waals surface area contributed by atoms with Gasteiger partial charge in [0.25, 0.3) is 0 Å². The molecule has 3 N–H and O–H groups in total. The monoisotopic (exact) mass is 489 g/mol. The van der Waals surface area contributed by atoms with Crippen molar-refractivity contribution in [3.8, 4) is 0 Å². The highest BCUT2D eigenvalue weighted by Gasteiger charge is 2.16. The number of carbonyl (C=O) groups excluding carboxylic acids is 2. The maximum absolute atomic E-state index is 12.9. The van der Waals surface area contributed by atoms with Gasteiger partial charge in [0.05, 0.1) is 6.34 Å². The lowest BCUT2D eigenvalue weighted by molar-refractivity contribution is -0.126. The van der Waals surface area contributed by atoms with E-state index in [2.05, 4.69) is 10.6 Å². The number of hydrogen-bond donors (Lipinski definition) is 3. The molecule has 0 saturated carbocycles. The summed E-state index contributed by atoms with van der Waals surface area (Å²) >= 11 is 0. The molecular formula is C29H39N5O2. The average Bonchev–Trinajstić information content (AvgIpc) is 2.92. The number of nitrogens with one attached hydrogen (secondary N) is 3. The van der Waals surface area contributed by atoms with Gasteiger partial charge < -0.3 is 20.4 Å². The zero-order valence-electron chi connectivity index (χ0n) is 21.1. The Hall–Kier alpha value is -3.45. The van der Waals surface area contributed by atoms with Gasteiger partial charge in [0.2, 0.25) is 11.8 Å². The van der Waals surface area contributed by atoms with Gasteiger partial charge in [-0.15, -0.1) is 0 Å². The van der Waals surface area contributed by atoms with E-state index in [1.165, 1.54) is 6.34 Å². The molecule has 1 unspecified atom stereocenters. The van der Waals surface area contributed by atoms with E-state index >= 15 is 0 Å². The van der Waals surface area contributed by atoms with Crippen molar-refractivity contribution in [3.05, 3.63) is 77.9 Å². The highest BCUT2D eigenvalue weighted by molar-refractivity contribution is 5.91. The second-order valence-electron chi connectivity index (χ2n) is 9.12. The molecule has 0 aromatic heterocycles. The van der Waals surface area contributed by atoms with E-state index in [-0.39, 0.29) is 17.9 Å². The SMILES string of the molecule is N=CN1CCCCN(C(=O)/C=C\c2ccccc2)CCCNC(=O)CC(c2ccccc2)NCCC1. The largest absolute Gasteiger partial charge is 0.363 e. The van der Waals surface area contributed by atoms with Crippen molar-refractivity contribution in [1.82, 2.24) is 20.4 Å². The summed E-state index contributed by atoms with van der Waals surface area (Å²) in [5.41, 5.74) is 2.09. The molecule has 0 bridgehead atoms. The molecule has 7 heteroatoms. The Labute approximate surface area is 215 Å². The second-order valence-corrected chi connectivity index (χ2v) is 9.12. The lowest BCUT2D eigenvalue weighted by atomic mass is 10.0. The van der Waals surface area contributed by atoms with Crippen molar-refractivity contribution in [2.75, 3.05) is 39.3 Å². The molecule has 1 saturated heterocycles. The molecule has 0 spiro atoms. The highest BCUT2D eigenvalue weighted by atomic mass is 16.2. The number of benzene rings is 2. The zero-order valence-corrected chi connectivity index (χ0v) is 21.1. The fraction of sp³-hybridized carbons (Fsp3) is 0.414. The minimum atomic E-state index is -0.0588. The van der Waals surface area contributed by atoms with Gasteiger partial charge in [0.15, 0.2) is 0 Å². The summed E-state index contributed by atoms with van der Waals surface area (Å²) in [7, 11) is 0. The van der Waals surface area contributed by atoms with Gasteiger partial charge >= 0.3 is 0 Å². The summed E-state index contributed by atoms with van der Waals surface area (Å²) in [5, 5.41) is 14.3. The first-order chi connectivity index (χ1) is 17.7. The summed E-state index contributed by atoms with van der Waals surface area (Å²) in [6, 6.07) is 19.8. The average molecular weight is 490 g/mol. The third kappa shape index (κ3) is 9.66. The fourth-order valence-electron chi connectivity index (χ4n) is 4.33. The maximum atomic E-state index is 12.9. The zero-order chi connectivity index (χ0) is 25.4. The van der Waals surface area contributed by atoms with Crippen LogP contribution in [0.25, 0.3) is 6.08 Å². The fourth-order valence-corrected chi connectivity index (χ4v) is 4.33. The molecule has 1 atom stereocenters. The quantitative estimate of drug-likeness (QED) is 0.346. The van der Waals surface area contributed by atoms with Crippen LogP contribution in [0.3, 0.4) is 0 Å². The topological polar surface area (TPSA) is 88.5 Å². The molecule has 192 valence electrons. The smallest absolute Gasteiger partial charge is 0.246 e. The molecule has 2 amide bonds. The molecule has 1 aliphatic rings. The molecule has 0 radical (unpaired) electrons. The van der Waals surface area contributed by atoms with Gasteiger partial charge in [-0.1, -0.05) is 60.7 Å². The summed E-state index contributed by atoms with van der Waals surface area (Å²) in [6.07, 6.45) is 8.62. The summed E-state index contributed by atoms with van der Waals surface area (Å²) < 4.78 is 0. The number of rotatable bonds is 4. The Kier molecular flexibility index (Phi) is 11.7. The molecule has 0 aliphatic carbocycles. The van der Waals surface area contributed by atoms with Crippen molar-refractivity contribution < 1.29 is 9.59 Å². The molecule has 2 aromatic rings. The van der Waals surface area contributed by atoms with Crippen molar-refractivity contribution in [2.45, 2.75) is 38.1 Å². The molecule has 2 aromatic carbocycles. The van der Waals surface area contributed by atoms with E-state index < -0.39 is 0 Å². The van der Waals surface area contributed by atoms with Gasteiger partial charge in [-0.3, -0.25) is 15.0 Å². The minimum absolute atomic E-state index is 0.00337. The lowest BCUT2D eigenvalue weighted by Crippen LogP contribution is -2.35. The first-order valence-corrected chi connectivity index (χ1v) is 13.0. The van der Waals surface area contributed by atoms with E-state index in [4.69, 9.17) is 5.41 Å². The van der Waals surface area contributed by atoms with Crippen molar-refractivity contribution in [2.24, 2.45) is 0 Å². The molecule has 1 fully saturated rings. The summed E-state index contributed by atoms with van der Waals surface area (Å²) in [4.78, 5) is 29.5. The third-order valence-corrected chi connectivity index (χ3v) is 6.37. The van der Waals surface area contributed by atoms with E-state index in [1.807, 2.05) is 76.5 Å². The molecule has 1 aliphatic heterocycles. The van der Waals surface area contributed by atoms with Gasteiger partial charge in [-0.25, -0.2) is 0 Å². The van der Waals surface area contributed by atoms with Gasteiger partial charge in [0, 0.05) is 51.3 Å². The van der Waals surface area contributed by atoms with Gasteiger partial charge in [0.1, 0.15) is 0 Å². The first kappa shape index (κ1) is 27.1. The van der Waals surface area contributed by atoms with E-state index in [9.17, 15) is 9.59 Å². The number of hydrogen-bond acceptors (Lipinski definition) is 4. The van der Waals surface area contributed by atoms with Crippen LogP contribution in [0.5, 0.6) is 0 Å². The van der Waals surface area contributed by atoms with Crippen LogP contribution in [0.1, 0.15) is 49.3 Å². The standard InChI is InChI=1S/C29H39N5O2/c30-24-33-19-7-8-21-34(29(36)16-15-25-11-3-1-4-12-25)22-10-18-32-28(35)23-27(31-17-9-20-33)26-13-5-2-6-14-26/h1-6,11-16,24,27,30-31H,7-10,17-23H2,(H,32,35)/b16-15-,30-24?. The Morgan fingerprint density at radius 1 is 0.861 bits per heavy atom. The van der Waals surface area contributed by atoms with Crippen LogP contribution in [0.2, 0.25) is 0 Å².